The van der Waals surface area contributed by atoms with E-state index in [0.717, 1.165) is 29.2 Å². The zero-order valence-corrected chi connectivity index (χ0v) is 11.0. The summed E-state index contributed by atoms with van der Waals surface area (Å²) in [4.78, 5) is 5.75. The standard InChI is InChI=1S/C11H17N5S/c1-8-9(2)17-11(13-8)7-16-6-10(14-15-16)4-3-5-12/h6H,3-5,7,12H2,1-2H3. The fourth-order valence-electron chi connectivity index (χ4n) is 1.56. The zero-order valence-electron chi connectivity index (χ0n) is 10.2. The maximum Gasteiger partial charge on any atom is 0.115 e. The van der Waals surface area contributed by atoms with E-state index in [4.69, 9.17) is 5.73 Å². The van der Waals surface area contributed by atoms with Crippen molar-refractivity contribution < 1.29 is 0 Å². The molecule has 0 amide bonds. The normalized spacial score (nSPS) is 11.0. The Morgan fingerprint density at radius 3 is 2.88 bits per heavy atom. The van der Waals surface area contributed by atoms with E-state index in [1.807, 2.05) is 17.8 Å². The summed E-state index contributed by atoms with van der Waals surface area (Å²) in [5.74, 6) is 0. The molecule has 0 aliphatic heterocycles. The van der Waals surface area contributed by atoms with Crippen molar-refractivity contribution in [3.05, 3.63) is 27.5 Å². The second-order valence-electron chi connectivity index (χ2n) is 4.05. The molecular weight excluding hydrogens is 234 g/mol. The Balaban J connectivity index is 2.01. The minimum Gasteiger partial charge on any atom is -0.330 e. The lowest BCUT2D eigenvalue weighted by Gasteiger charge is -1.94. The van der Waals surface area contributed by atoms with E-state index >= 15 is 0 Å². The molecule has 2 rings (SSSR count). The van der Waals surface area contributed by atoms with E-state index < -0.39 is 0 Å². The highest BCUT2D eigenvalue weighted by Crippen LogP contribution is 2.17. The first-order valence-corrected chi connectivity index (χ1v) is 6.52. The van der Waals surface area contributed by atoms with Gasteiger partial charge in [0.2, 0.25) is 0 Å². The van der Waals surface area contributed by atoms with Crippen LogP contribution in [0.4, 0.5) is 0 Å². The molecule has 0 saturated carbocycles. The predicted octanol–water partition coefficient (Wildman–Crippen LogP) is 1.29. The third-order valence-electron chi connectivity index (χ3n) is 2.59. The fourth-order valence-corrected chi connectivity index (χ4v) is 2.49. The summed E-state index contributed by atoms with van der Waals surface area (Å²) in [6.45, 7) is 5.51. The van der Waals surface area contributed by atoms with E-state index in [2.05, 4.69) is 22.2 Å². The topological polar surface area (TPSA) is 69.6 Å². The molecular formula is C11H17N5S. The average molecular weight is 251 g/mol. The molecule has 2 heterocycles. The molecule has 0 radical (unpaired) electrons. The lowest BCUT2D eigenvalue weighted by molar-refractivity contribution is 0.645. The molecule has 0 aliphatic carbocycles. The van der Waals surface area contributed by atoms with Gasteiger partial charge in [-0.2, -0.15) is 0 Å². The van der Waals surface area contributed by atoms with Crippen LogP contribution in [0.3, 0.4) is 0 Å². The van der Waals surface area contributed by atoms with Crippen LogP contribution in [-0.2, 0) is 13.0 Å². The monoisotopic (exact) mass is 251 g/mol. The highest BCUT2D eigenvalue weighted by atomic mass is 32.1. The van der Waals surface area contributed by atoms with Crippen molar-refractivity contribution in [3.8, 4) is 0 Å². The van der Waals surface area contributed by atoms with Crippen LogP contribution in [0.2, 0.25) is 0 Å². The zero-order chi connectivity index (χ0) is 12.3. The van der Waals surface area contributed by atoms with Crippen LogP contribution in [0, 0.1) is 13.8 Å². The third kappa shape index (κ3) is 3.10. The quantitative estimate of drug-likeness (QED) is 0.869. The maximum atomic E-state index is 5.46. The number of thiazole rings is 1. The van der Waals surface area contributed by atoms with Crippen molar-refractivity contribution in [1.82, 2.24) is 20.0 Å². The second-order valence-corrected chi connectivity index (χ2v) is 5.34. The van der Waals surface area contributed by atoms with Crippen molar-refractivity contribution in [3.63, 3.8) is 0 Å². The molecule has 0 spiro atoms. The third-order valence-corrected chi connectivity index (χ3v) is 3.65. The minimum absolute atomic E-state index is 0.692. The summed E-state index contributed by atoms with van der Waals surface area (Å²) in [6.07, 6.45) is 3.82. The molecule has 0 fully saturated rings. The molecule has 0 atom stereocenters. The SMILES string of the molecule is Cc1nc(Cn2cc(CCCN)nn2)sc1C. The van der Waals surface area contributed by atoms with Gasteiger partial charge in [0.25, 0.3) is 0 Å². The molecule has 0 aliphatic rings. The van der Waals surface area contributed by atoms with Gasteiger partial charge in [-0.25, -0.2) is 9.67 Å². The Morgan fingerprint density at radius 1 is 1.41 bits per heavy atom. The van der Waals surface area contributed by atoms with Gasteiger partial charge in [-0.05, 0) is 33.2 Å². The smallest absolute Gasteiger partial charge is 0.115 e. The molecule has 17 heavy (non-hydrogen) atoms. The summed E-state index contributed by atoms with van der Waals surface area (Å²) in [7, 11) is 0. The first-order chi connectivity index (χ1) is 8.19. The van der Waals surface area contributed by atoms with Gasteiger partial charge in [-0.3, -0.25) is 0 Å². The summed E-state index contributed by atoms with van der Waals surface area (Å²) < 4.78 is 1.84. The molecule has 2 N–H and O–H groups in total. The number of rotatable bonds is 5. The lowest BCUT2D eigenvalue weighted by atomic mass is 10.2. The second kappa shape index (κ2) is 5.37. The van der Waals surface area contributed by atoms with E-state index in [1.54, 1.807) is 11.3 Å². The van der Waals surface area contributed by atoms with Gasteiger partial charge in [0.15, 0.2) is 0 Å². The van der Waals surface area contributed by atoms with Crippen LogP contribution in [0.1, 0.15) is 27.7 Å². The molecule has 0 aromatic carbocycles. The van der Waals surface area contributed by atoms with Crippen molar-refractivity contribution in [1.29, 1.82) is 0 Å². The summed E-state index contributed by atoms with van der Waals surface area (Å²) in [5.41, 5.74) is 7.57. The Kier molecular flexibility index (Phi) is 3.86. The number of hydrogen-bond donors (Lipinski definition) is 1. The molecule has 0 unspecified atom stereocenters. The fraction of sp³-hybridized carbons (Fsp3) is 0.545. The van der Waals surface area contributed by atoms with Crippen LogP contribution in [0.25, 0.3) is 0 Å². The van der Waals surface area contributed by atoms with Crippen LogP contribution < -0.4 is 5.73 Å². The summed E-state index contributed by atoms with van der Waals surface area (Å²) in [5, 5.41) is 9.29. The molecule has 5 nitrogen and oxygen atoms in total. The van der Waals surface area contributed by atoms with Crippen LogP contribution in [-0.4, -0.2) is 26.5 Å². The summed E-state index contributed by atoms with van der Waals surface area (Å²) in [6, 6.07) is 0. The number of aryl methyl sites for hydroxylation is 3. The van der Waals surface area contributed by atoms with E-state index in [9.17, 15) is 0 Å². The molecule has 92 valence electrons. The van der Waals surface area contributed by atoms with Gasteiger partial charge in [-0.1, -0.05) is 5.21 Å². The van der Waals surface area contributed by atoms with E-state index in [1.165, 1.54) is 4.88 Å². The lowest BCUT2D eigenvalue weighted by Crippen LogP contribution is -2.00. The van der Waals surface area contributed by atoms with Crippen molar-refractivity contribution in [2.75, 3.05) is 6.54 Å². The van der Waals surface area contributed by atoms with Gasteiger partial charge in [0, 0.05) is 11.1 Å². The van der Waals surface area contributed by atoms with Crippen LogP contribution >= 0.6 is 11.3 Å². The highest BCUT2D eigenvalue weighted by molar-refractivity contribution is 7.11. The Bertz CT molecular complexity index is 468. The van der Waals surface area contributed by atoms with Gasteiger partial charge in [-0.15, -0.1) is 16.4 Å². The Morgan fingerprint density at radius 2 is 2.24 bits per heavy atom. The van der Waals surface area contributed by atoms with Gasteiger partial charge in [0.05, 0.1) is 17.9 Å². The van der Waals surface area contributed by atoms with Crippen molar-refractivity contribution >= 4 is 11.3 Å². The first-order valence-electron chi connectivity index (χ1n) is 5.71. The average Bonchev–Trinajstić information content (AvgIpc) is 2.85. The highest BCUT2D eigenvalue weighted by Gasteiger charge is 2.06. The van der Waals surface area contributed by atoms with Crippen LogP contribution in [0.15, 0.2) is 6.20 Å². The van der Waals surface area contributed by atoms with Crippen molar-refractivity contribution in [2.24, 2.45) is 5.73 Å². The number of nitrogens with zero attached hydrogens (tertiary/aromatic N) is 4. The maximum absolute atomic E-state index is 5.46. The van der Waals surface area contributed by atoms with E-state index in [-0.39, 0.29) is 0 Å². The Hall–Kier alpha value is -1.27. The van der Waals surface area contributed by atoms with Gasteiger partial charge >= 0.3 is 0 Å². The largest absolute Gasteiger partial charge is 0.330 e. The minimum atomic E-state index is 0.692. The molecule has 2 aromatic rings. The van der Waals surface area contributed by atoms with Crippen LogP contribution in [0.5, 0.6) is 0 Å². The Labute approximate surface area is 105 Å². The van der Waals surface area contributed by atoms with Gasteiger partial charge < -0.3 is 5.73 Å². The summed E-state index contributed by atoms with van der Waals surface area (Å²) >= 11 is 1.72. The number of hydrogen-bond acceptors (Lipinski definition) is 5. The molecule has 0 saturated heterocycles. The molecule has 2 aromatic heterocycles. The van der Waals surface area contributed by atoms with Gasteiger partial charge in [0.1, 0.15) is 5.01 Å². The predicted molar refractivity (Wildman–Crippen MR) is 68.1 cm³/mol. The molecule has 0 bridgehead atoms. The number of nitrogens with two attached hydrogens (primary N) is 1. The first kappa shape index (κ1) is 12.2. The van der Waals surface area contributed by atoms with E-state index in [0.29, 0.717) is 13.1 Å². The number of aromatic nitrogens is 4. The molecule has 6 heteroatoms. The van der Waals surface area contributed by atoms with Crippen molar-refractivity contribution in [2.45, 2.75) is 33.2 Å².